The summed E-state index contributed by atoms with van der Waals surface area (Å²) in [5.41, 5.74) is 0.528. The predicted octanol–water partition coefficient (Wildman–Crippen LogP) is 1.01. The second-order valence-electron chi connectivity index (χ2n) is 5.70. The van der Waals surface area contributed by atoms with Crippen LogP contribution in [-0.4, -0.2) is 38.5 Å². The maximum Gasteiger partial charge on any atom is 0.358 e. The molecule has 1 N–H and O–H groups in total. The number of esters is 1. The van der Waals surface area contributed by atoms with E-state index in [2.05, 4.69) is 15.5 Å². The summed E-state index contributed by atoms with van der Waals surface area (Å²) in [5, 5.41) is 11.1. The smallest absolute Gasteiger partial charge is 0.358 e. The molecular weight excluding hydrogens is 338 g/mol. The van der Waals surface area contributed by atoms with E-state index < -0.39 is 17.3 Å². The molecule has 2 heterocycles. The van der Waals surface area contributed by atoms with E-state index in [0.29, 0.717) is 16.6 Å². The Morgan fingerprint density at radius 3 is 2.50 bits per heavy atom. The summed E-state index contributed by atoms with van der Waals surface area (Å²) in [4.78, 5) is 37.3. The van der Waals surface area contributed by atoms with Crippen LogP contribution in [0, 0.1) is 6.92 Å². The summed E-state index contributed by atoms with van der Waals surface area (Å²) in [6.07, 6.45) is 0. The normalized spacial score (nSPS) is 10.8. The lowest BCUT2D eigenvalue weighted by atomic mass is 10.2. The van der Waals surface area contributed by atoms with Gasteiger partial charge in [-0.2, -0.15) is 10.2 Å². The first-order valence-corrected chi connectivity index (χ1v) is 7.74. The number of hydrogen-bond donors (Lipinski definition) is 1. The SMILES string of the molecule is COC(=O)c1c(NC(=O)c2nn(C)c3ccccc3c2=O)c(C)nn1C. The molecule has 0 bridgehead atoms. The molecule has 0 fully saturated rings. The fraction of sp³-hybridized carbons (Fsp3) is 0.235. The third kappa shape index (κ3) is 2.73. The molecule has 0 saturated carbocycles. The summed E-state index contributed by atoms with van der Waals surface area (Å²) >= 11 is 0. The molecule has 0 saturated heterocycles. The van der Waals surface area contributed by atoms with Crippen molar-refractivity contribution in [3.8, 4) is 0 Å². The molecule has 3 rings (SSSR count). The molecule has 9 heteroatoms. The average Bonchev–Trinajstić information content (AvgIpc) is 2.90. The molecular formula is C17H17N5O4. The summed E-state index contributed by atoms with van der Waals surface area (Å²) in [5.74, 6) is -1.37. The molecule has 2 aromatic heterocycles. The van der Waals surface area contributed by atoms with Crippen LogP contribution >= 0.6 is 0 Å². The fourth-order valence-corrected chi connectivity index (χ4v) is 2.78. The van der Waals surface area contributed by atoms with Gasteiger partial charge in [-0.3, -0.25) is 19.0 Å². The number of anilines is 1. The summed E-state index contributed by atoms with van der Waals surface area (Å²) in [6.45, 7) is 1.63. The van der Waals surface area contributed by atoms with Crippen molar-refractivity contribution in [3.05, 3.63) is 51.6 Å². The molecule has 0 aliphatic carbocycles. The average molecular weight is 355 g/mol. The van der Waals surface area contributed by atoms with Crippen molar-refractivity contribution in [1.29, 1.82) is 0 Å². The number of benzene rings is 1. The number of aryl methyl sites for hydroxylation is 3. The molecule has 0 atom stereocenters. The van der Waals surface area contributed by atoms with E-state index in [0.717, 1.165) is 0 Å². The van der Waals surface area contributed by atoms with E-state index in [1.54, 1.807) is 45.3 Å². The number of para-hydroxylation sites is 1. The number of nitrogens with one attached hydrogen (secondary N) is 1. The standard InChI is InChI=1S/C17H17N5O4/c1-9-12(14(17(25)26-4)22(3)19-9)18-16(24)13-15(23)10-7-5-6-8-11(10)21(2)20-13/h5-8H,1-4H3,(H,18,24). The highest BCUT2D eigenvalue weighted by Crippen LogP contribution is 2.21. The molecule has 0 unspecified atom stereocenters. The Morgan fingerprint density at radius 1 is 1.12 bits per heavy atom. The monoisotopic (exact) mass is 355 g/mol. The van der Waals surface area contributed by atoms with Gasteiger partial charge in [-0.25, -0.2) is 4.79 Å². The molecule has 26 heavy (non-hydrogen) atoms. The van der Waals surface area contributed by atoms with Crippen molar-refractivity contribution < 1.29 is 14.3 Å². The molecule has 134 valence electrons. The van der Waals surface area contributed by atoms with Crippen LogP contribution in [-0.2, 0) is 18.8 Å². The number of ether oxygens (including phenoxy) is 1. The quantitative estimate of drug-likeness (QED) is 0.703. The minimum absolute atomic E-state index is 0.0796. The van der Waals surface area contributed by atoms with Crippen LogP contribution in [0.5, 0.6) is 0 Å². The summed E-state index contributed by atoms with van der Waals surface area (Å²) in [7, 11) is 4.44. The summed E-state index contributed by atoms with van der Waals surface area (Å²) < 4.78 is 7.50. The lowest BCUT2D eigenvalue weighted by molar-refractivity contribution is 0.0589. The third-order valence-corrected chi connectivity index (χ3v) is 4.02. The molecule has 1 aromatic carbocycles. The highest BCUT2D eigenvalue weighted by molar-refractivity contribution is 6.07. The van der Waals surface area contributed by atoms with E-state index >= 15 is 0 Å². The van der Waals surface area contributed by atoms with Gasteiger partial charge in [0, 0.05) is 19.5 Å². The maximum absolute atomic E-state index is 12.7. The van der Waals surface area contributed by atoms with Crippen molar-refractivity contribution in [1.82, 2.24) is 19.6 Å². The second kappa shape index (κ2) is 6.43. The lowest BCUT2D eigenvalue weighted by Gasteiger charge is -2.09. The van der Waals surface area contributed by atoms with E-state index in [1.165, 1.54) is 16.5 Å². The van der Waals surface area contributed by atoms with Gasteiger partial charge in [-0.1, -0.05) is 12.1 Å². The topological polar surface area (TPSA) is 108 Å². The number of carbonyl (C=O) groups excluding carboxylic acids is 2. The van der Waals surface area contributed by atoms with Gasteiger partial charge in [0.05, 0.1) is 24.0 Å². The first-order chi connectivity index (χ1) is 12.3. The predicted molar refractivity (Wildman–Crippen MR) is 94.2 cm³/mol. The number of rotatable bonds is 3. The number of fused-ring (bicyclic) bond motifs is 1. The van der Waals surface area contributed by atoms with E-state index in [-0.39, 0.29) is 17.1 Å². The van der Waals surface area contributed by atoms with E-state index in [9.17, 15) is 14.4 Å². The number of methoxy groups -OCH3 is 1. The van der Waals surface area contributed by atoms with Gasteiger partial charge in [0.15, 0.2) is 11.4 Å². The summed E-state index contributed by atoms with van der Waals surface area (Å²) in [6, 6.07) is 6.87. The first kappa shape index (κ1) is 17.3. The van der Waals surface area contributed by atoms with Crippen LogP contribution in [0.4, 0.5) is 5.69 Å². The van der Waals surface area contributed by atoms with Gasteiger partial charge < -0.3 is 10.1 Å². The van der Waals surface area contributed by atoms with Crippen molar-refractivity contribution >= 4 is 28.5 Å². The van der Waals surface area contributed by atoms with E-state index in [4.69, 9.17) is 4.74 Å². The molecule has 9 nitrogen and oxygen atoms in total. The molecule has 0 spiro atoms. The first-order valence-electron chi connectivity index (χ1n) is 7.74. The molecule has 3 aromatic rings. The molecule has 1 amide bonds. The highest BCUT2D eigenvalue weighted by Gasteiger charge is 2.25. The number of nitrogens with zero attached hydrogens (tertiary/aromatic N) is 4. The Balaban J connectivity index is 2.08. The van der Waals surface area contributed by atoms with Crippen LogP contribution in [0.25, 0.3) is 10.9 Å². The lowest BCUT2D eigenvalue weighted by Crippen LogP contribution is -2.27. The van der Waals surface area contributed by atoms with E-state index in [1.807, 2.05) is 0 Å². The Labute approximate surface area is 148 Å². The minimum Gasteiger partial charge on any atom is -0.464 e. The van der Waals surface area contributed by atoms with Crippen LogP contribution in [0.2, 0.25) is 0 Å². The number of carbonyl (C=O) groups is 2. The Bertz CT molecular complexity index is 1100. The van der Waals surface area contributed by atoms with Crippen LogP contribution in [0.1, 0.15) is 26.7 Å². The largest absolute Gasteiger partial charge is 0.464 e. The number of amides is 1. The molecule has 0 aliphatic heterocycles. The Hall–Kier alpha value is -3.49. The minimum atomic E-state index is -0.724. The second-order valence-corrected chi connectivity index (χ2v) is 5.70. The van der Waals surface area contributed by atoms with Crippen molar-refractivity contribution in [3.63, 3.8) is 0 Å². The number of hydrogen-bond acceptors (Lipinski definition) is 6. The molecule has 0 radical (unpaired) electrons. The van der Waals surface area contributed by atoms with Gasteiger partial charge >= 0.3 is 5.97 Å². The van der Waals surface area contributed by atoms with Crippen LogP contribution in [0.15, 0.2) is 29.1 Å². The zero-order valence-electron chi connectivity index (χ0n) is 14.7. The highest BCUT2D eigenvalue weighted by atomic mass is 16.5. The zero-order valence-corrected chi connectivity index (χ0v) is 14.7. The van der Waals surface area contributed by atoms with Crippen molar-refractivity contribution in [2.24, 2.45) is 14.1 Å². The van der Waals surface area contributed by atoms with Gasteiger partial charge in [0.25, 0.3) is 5.91 Å². The zero-order chi connectivity index (χ0) is 19.0. The van der Waals surface area contributed by atoms with Crippen molar-refractivity contribution in [2.45, 2.75) is 6.92 Å². The Kier molecular flexibility index (Phi) is 4.29. The van der Waals surface area contributed by atoms with Gasteiger partial charge in [0.2, 0.25) is 5.43 Å². The van der Waals surface area contributed by atoms with Gasteiger partial charge in [-0.05, 0) is 19.1 Å². The van der Waals surface area contributed by atoms with Gasteiger partial charge in [0.1, 0.15) is 0 Å². The van der Waals surface area contributed by atoms with Crippen molar-refractivity contribution in [2.75, 3.05) is 12.4 Å². The third-order valence-electron chi connectivity index (χ3n) is 4.02. The maximum atomic E-state index is 12.7. The Morgan fingerprint density at radius 2 is 1.81 bits per heavy atom. The van der Waals surface area contributed by atoms with Gasteiger partial charge in [-0.15, -0.1) is 0 Å². The number of aromatic nitrogens is 4. The van der Waals surface area contributed by atoms with Crippen LogP contribution in [0.3, 0.4) is 0 Å². The fourth-order valence-electron chi connectivity index (χ4n) is 2.78. The molecule has 0 aliphatic rings. The van der Waals surface area contributed by atoms with Crippen LogP contribution < -0.4 is 10.7 Å².